The van der Waals surface area contributed by atoms with Gasteiger partial charge in [0, 0.05) is 19.1 Å². The van der Waals surface area contributed by atoms with Crippen molar-refractivity contribution in [2.24, 2.45) is 5.92 Å². The maximum Gasteiger partial charge on any atom is 0.315 e. The van der Waals surface area contributed by atoms with Crippen molar-refractivity contribution in [2.75, 3.05) is 19.3 Å². The summed E-state index contributed by atoms with van der Waals surface area (Å²) in [4.78, 5) is 22.3. The third kappa shape index (κ3) is 7.95. The van der Waals surface area contributed by atoms with E-state index in [0.29, 0.717) is 13.0 Å². The molecule has 20 heavy (non-hydrogen) atoms. The predicted molar refractivity (Wildman–Crippen MR) is 72.8 cm³/mol. The second-order valence-electron chi connectivity index (χ2n) is 4.96. The molecule has 1 fully saturated rings. The van der Waals surface area contributed by atoms with Crippen LogP contribution >= 0.6 is 0 Å². The molecule has 0 aliphatic heterocycles. The molecular weight excluding hydrogens is 286 g/mol. The van der Waals surface area contributed by atoms with Crippen molar-refractivity contribution in [1.29, 1.82) is 0 Å². The molecule has 1 rings (SSSR count). The molecule has 0 aromatic carbocycles. The van der Waals surface area contributed by atoms with Crippen LogP contribution in [-0.4, -0.2) is 50.9 Å². The molecule has 1 aliphatic carbocycles. The molecule has 0 saturated heterocycles. The minimum absolute atomic E-state index is 0.0757. The van der Waals surface area contributed by atoms with Crippen molar-refractivity contribution < 1.29 is 23.1 Å². The zero-order valence-electron chi connectivity index (χ0n) is 11.4. The lowest BCUT2D eigenvalue weighted by Crippen LogP contribution is -2.44. The van der Waals surface area contributed by atoms with Gasteiger partial charge in [-0.05, 0) is 25.2 Å². The van der Waals surface area contributed by atoms with E-state index in [1.807, 2.05) is 0 Å². The largest absolute Gasteiger partial charge is 0.481 e. The SMILES string of the molecule is CS(=O)(=O)NCCCNC(=O)NC(CC(=O)O)C1CC1. The Balaban J connectivity index is 2.17. The first-order chi connectivity index (χ1) is 9.28. The van der Waals surface area contributed by atoms with Gasteiger partial charge in [0.25, 0.3) is 0 Å². The molecule has 0 heterocycles. The number of amides is 2. The molecule has 0 radical (unpaired) electrons. The molecule has 0 spiro atoms. The average Bonchev–Trinajstić information content (AvgIpc) is 3.09. The van der Waals surface area contributed by atoms with E-state index in [0.717, 1.165) is 19.1 Å². The zero-order valence-corrected chi connectivity index (χ0v) is 12.2. The van der Waals surface area contributed by atoms with E-state index >= 15 is 0 Å². The van der Waals surface area contributed by atoms with E-state index < -0.39 is 22.0 Å². The minimum Gasteiger partial charge on any atom is -0.481 e. The molecule has 9 heteroatoms. The number of nitrogens with one attached hydrogen (secondary N) is 3. The Hall–Kier alpha value is -1.35. The molecule has 2 amide bonds. The standard InChI is InChI=1S/C11H21N3O5S/c1-20(18,19)13-6-2-5-12-11(17)14-9(7-10(15)16)8-3-4-8/h8-9,13H,2-7H2,1H3,(H,15,16)(H2,12,14,17). The first-order valence-electron chi connectivity index (χ1n) is 6.48. The number of urea groups is 1. The van der Waals surface area contributed by atoms with Gasteiger partial charge in [0.05, 0.1) is 12.7 Å². The predicted octanol–water partition coefficient (Wildman–Crippen LogP) is -0.522. The summed E-state index contributed by atoms with van der Waals surface area (Å²) < 4.78 is 23.9. The van der Waals surface area contributed by atoms with Crippen LogP contribution in [0.2, 0.25) is 0 Å². The second-order valence-corrected chi connectivity index (χ2v) is 6.80. The first-order valence-corrected chi connectivity index (χ1v) is 8.38. The van der Waals surface area contributed by atoms with Crippen LogP contribution in [-0.2, 0) is 14.8 Å². The third-order valence-electron chi connectivity index (χ3n) is 2.91. The van der Waals surface area contributed by atoms with Crippen molar-refractivity contribution in [3.8, 4) is 0 Å². The van der Waals surface area contributed by atoms with Gasteiger partial charge in [-0.3, -0.25) is 4.79 Å². The Morgan fingerprint density at radius 2 is 1.95 bits per heavy atom. The molecule has 1 atom stereocenters. The van der Waals surface area contributed by atoms with Gasteiger partial charge in [-0.1, -0.05) is 0 Å². The number of carbonyl (C=O) groups excluding carboxylic acids is 1. The van der Waals surface area contributed by atoms with Crippen LogP contribution in [0.3, 0.4) is 0 Å². The molecule has 0 bridgehead atoms. The van der Waals surface area contributed by atoms with Gasteiger partial charge in [0.2, 0.25) is 10.0 Å². The number of aliphatic carboxylic acids is 1. The summed E-state index contributed by atoms with van der Waals surface area (Å²) in [6.45, 7) is 0.569. The fourth-order valence-electron chi connectivity index (χ4n) is 1.79. The third-order valence-corrected chi connectivity index (χ3v) is 3.63. The second kappa shape index (κ2) is 7.44. The average molecular weight is 307 g/mol. The molecule has 116 valence electrons. The highest BCUT2D eigenvalue weighted by Crippen LogP contribution is 2.33. The summed E-state index contributed by atoms with van der Waals surface area (Å²) in [5.41, 5.74) is 0. The number of hydrogen-bond donors (Lipinski definition) is 4. The van der Waals surface area contributed by atoms with Crippen LogP contribution in [0.5, 0.6) is 0 Å². The van der Waals surface area contributed by atoms with E-state index in [1.54, 1.807) is 0 Å². The lowest BCUT2D eigenvalue weighted by molar-refractivity contribution is -0.137. The van der Waals surface area contributed by atoms with Crippen molar-refractivity contribution in [2.45, 2.75) is 31.7 Å². The highest BCUT2D eigenvalue weighted by Gasteiger charge is 2.33. The zero-order chi connectivity index (χ0) is 15.2. The molecule has 4 N–H and O–H groups in total. The molecule has 0 aromatic heterocycles. The smallest absolute Gasteiger partial charge is 0.315 e. The molecule has 0 aromatic rings. The van der Waals surface area contributed by atoms with Gasteiger partial charge in [0.15, 0.2) is 0 Å². The Bertz CT molecular complexity index is 447. The van der Waals surface area contributed by atoms with Gasteiger partial charge in [-0.15, -0.1) is 0 Å². The molecule has 8 nitrogen and oxygen atoms in total. The van der Waals surface area contributed by atoms with Crippen LogP contribution in [0.1, 0.15) is 25.7 Å². The van der Waals surface area contributed by atoms with Crippen molar-refractivity contribution in [3.63, 3.8) is 0 Å². The number of carbonyl (C=O) groups is 2. The summed E-state index contributed by atoms with van der Waals surface area (Å²) in [7, 11) is -3.20. The lowest BCUT2D eigenvalue weighted by atomic mass is 10.1. The Morgan fingerprint density at radius 3 is 2.45 bits per heavy atom. The van der Waals surface area contributed by atoms with Crippen molar-refractivity contribution in [3.05, 3.63) is 0 Å². The van der Waals surface area contributed by atoms with Crippen LogP contribution < -0.4 is 15.4 Å². The van der Waals surface area contributed by atoms with Crippen molar-refractivity contribution >= 4 is 22.0 Å². The maximum absolute atomic E-state index is 11.6. The van der Waals surface area contributed by atoms with Crippen LogP contribution in [0, 0.1) is 5.92 Å². The summed E-state index contributed by atoms with van der Waals surface area (Å²) in [6, 6.07) is -0.746. The minimum atomic E-state index is -3.20. The summed E-state index contributed by atoms with van der Waals surface area (Å²) in [5.74, 6) is -0.677. The quantitative estimate of drug-likeness (QED) is 0.427. The summed E-state index contributed by atoms with van der Waals surface area (Å²) in [6.07, 6.45) is 3.34. The van der Waals surface area contributed by atoms with E-state index in [1.165, 1.54) is 0 Å². The molecule has 1 unspecified atom stereocenters. The normalized spacial score (nSPS) is 16.4. The summed E-state index contributed by atoms with van der Waals surface area (Å²) in [5, 5.41) is 14.0. The van der Waals surface area contributed by atoms with Gasteiger partial charge in [0.1, 0.15) is 0 Å². The Morgan fingerprint density at radius 1 is 1.30 bits per heavy atom. The highest BCUT2D eigenvalue weighted by molar-refractivity contribution is 7.88. The van der Waals surface area contributed by atoms with E-state index in [9.17, 15) is 18.0 Å². The Kier molecular flexibility index (Phi) is 6.21. The highest BCUT2D eigenvalue weighted by atomic mass is 32.2. The van der Waals surface area contributed by atoms with Gasteiger partial charge in [-0.2, -0.15) is 0 Å². The maximum atomic E-state index is 11.6. The molecule has 1 saturated carbocycles. The van der Waals surface area contributed by atoms with Crippen molar-refractivity contribution in [1.82, 2.24) is 15.4 Å². The van der Waals surface area contributed by atoms with Crippen LogP contribution in [0.4, 0.5) is 4.79 Å². The number of sulfonamides is 1. The lowest BCUT2D eigenvalue weighted by Gasteiger charge is -2.16. The topological polar surface area (TPSA) is 125 Å². The van der Waals surface area contributed by atoms with E-state index in [4.69, 9.17) is 5.11 Å². The van der Waals surface area contributed by atoms with Gasteiger partial charge >= 0.3 is 12.0 Å². The van der Waals surface area contributed by atoms with Gasteiger partial charge < -0.3 is 15.7 Å². The van der Waals surface area contributed by atoms with Gasteiger partial charge in [-0.25, -0.2) is 17.9 Å². The van der Waals surface area contributed by atoms with E-state index in [-0.39, 0.29) is 24.9 Å². The molecular formula is C11H21N3O5S. The monoisotopic (exact) mass is 307 g/mol. The molecule has 1 aliphatic rings. The number of rotatable bonds is 9. The van der Waals surface area contributed by atoms with E-state index in [2.05, 4.69) is 15.4 Å². The Labute approximate surface area is 118 Å². The number of carboxylic acids is 1. The fraction of sp³-hybridized carbons (Fsp3) is 0.818. The number of carboxylic acid groups (broad SMARTS) is 1. The van der Waals surface area contributed by atoms with Crippen LogP contribution in [0.25, 0.3) is 0 Å². The first kappa shape index (κ1) is 16.7. The fourth-order valence-corrected chi connectivity index (χ4v) is 2.30. The summed E-state index contributed by atoms with van der Waals surface area (Å²) >= 11 is 0. The number of hydrogen-bond acceptors (Lipinski definition) is 4. The van der Waals surface area contributed by atoms with Crippen LogP contribution in [0.15, 0.2) is 0 Å².